The Hall–Kier alpha value is -3.19. The summed E-state index contributed by atoms with van der Waals surface area (Å²) < 4.78 is 10.4. The van der Waals surface area contributed by atoms with E-state index in [4.69, 9.17) is 9.47 Å². The van der Waals surface area contributed by atoms with E-state index in [-0.39, 0.29) is 5.69 Å². The van der Waals surface area contributed by atoms with Gasteiger partial charge in [-0.1, -0.05) is 60.7 Å². The van der Waals surface area contributed by atoms with E-state index in [0.717, 1.165) is 11.1 Å². The highest BCUT2D eigenvalue weighted by Gasteiger charge is 2.27. The maximum absolute atomic E-state index is 12.5. The van der Waals surface area contributed by atoms with Gasteiger partial charge in [-0.3, -0.25) is 0 Å². The first kappa shape index (κ1) is 22.5. The SMILES string of the molecule is COC(=O)c1nc(C(Cc2ccccc2)NC(=O)OC(C)(C)C)sc1-c1ccccc1. The van der Waals surface area contributed by atoms with Gasteiger partial charge in [0.15, 0.2) is 5.69 Å². The van der Waals surface area contributed by atoms with Gasteiger partial charge in [0.2, 0.25) is 0 Å². The number of nitrogens with zero attached hydrogens (tertiary/aromatic N) is 1. The van der Waals surface area contributed by atoms with Gasteiger partial charge in [-0.2, -0.15) is 0 Å². The second-order valence-electron chi connectivity index (χ2n) is 7.98. The van der Waals surface area contributed by atoms with Gasteiger partial charge in [0, 0.05) is 0 Å². The number of amides is 1. The number of methoxy groups -OCH3 is 1. The summed E-state index contributed by atoms with van der Waals surface area (Å²) in [6, 6.07) is 18.8. The minimum absolute atomic E-state index is 0.234. The lowest BCUT2D eigenvalue weighted by molar-refractivity contribution is 0.0503. The molecule has 2 aromatic carbocycles. The van der Waals surface area contributed by atoms with E-state index in [1.165, 1.54) is 18.4 Å². The molecule has 6 nitrogen and oxygen atoms in total. The van der Waals surface area contributed by atoms with Crippen molar-refractivity contribution in [2.24, 2.45) is 0 Å². The first-order valence-electron chi connectivity index (χ1n) is 9.94. The van der Waals surface area contributed by atoms with Crippen molar-refractivity contribution in [3.05, 3.63) is 76.9 Å². The number of aromatic nitrogens is 1. The number of hydrogen-bond donors (Lipinski definition) is 1. The highest BCUT2D eigenvalue weighted by atomic mass is 32.1. The number of ether oxygens (including phenoxy) is 2. The molecule has 1 atom stereocenters. The van der Waals surface area contributed by atoms with Gasteiger partial charge < -0.3 is 14.8 Å². The average molecular weight is 439 g/mol. The molecule has 1 N–H and O–H groups in total. The third kappa shape index (κ3) is 6.15. The molecular weight excluding hydrogens is 412 g/mol. The van der Waals surface area contributed by atoms with Crippen LogP contribution >= 0.6 is 11.3 Å². The lowest BCUT2D eigenvalue weighted by Crippen LogP contribution is -2.35. The summed E-state index contributed by atoms with van der Waals surface area (Å²) in [6.07, 6.45) is -0.0351. The molecule has 0 radical (unpaired) electrons. The summed E-state index contributed by atoms with van der Waals surface area (Å²) in [4.78, 5) is 30.2. The molecular formula is C24H26N2O4S. The number of carbonyl (C=O) groups is 2. The van der Waals surface area contributed by atoms with Crippen LogP contribution in [0.3, 0.4) is 0 Å². The molecule has 0 aliphatic carbocycles. The van der Waals surface area contributed by atoms with Crippen LogP contribution in [0.2, 0.25) is 0 Å². The summed E-state index contributed by atoms with van der Waals surface area (Å²) in [5.74, 6) is -0.517. The molecule has 0 saturated heterocycles. The molecule has 3 aromatic rings. The summed E-state index contributed by atoms with van der Waals surface area (Å²) in [6.45, 7) is 5.43. The van der Waals surface area contributed by atoms with E-state index in [9.17, 15) is 9.59 Å². The van der Waals surface area contributed by atoms with Gasteiger partial charge in [-0.25, -0.2) is 14.6 Å². The van der Waals surface area contributed by atoms with E-state index in [1.54, 1.807) is 0 Å². The number of rotatable bonds is 6. The molecule has 1 unspecified atom stereocenters. The highest BCUT2D eigenvalue weighted by molar-refractivity contribution is 7.15. The minimum Gasteiger partial charge on any atom is -0.464 e. The van der Waals surface area contributed by atoms with Gasteiger partial charge in [-0.05, 0) is 38.3 Å². The third-order valence-corrected chi connectivity index (χ3v) is 5.55. The number of hydrogen-bond acceptors (Lipinski definition) is 6. The van der Waals surface area contributed by atoms with Crippen LogP contribution in [-0.2, 0) is 15.9 Å². The van der Waals surface area contributed by atoms with Crippen molar-refractivity contribution in [2.75, 3.05) is 7.11 Å². The maximum Gasteiger partial charge on any atom is 0.408 e. The van der Waals surface area contributed by atoms with Crippen LogP contribution in [0, 0.1) is 0 Å². The molecule has 0 spiro atoms. The fourth-order valence-corrected chi connectivity index (χ4v) is 4.12. The molecule has 0 saturated carbocycles. The number of thiazole rings is 1. The summed E-state index contributed by atoms with van der Waals surface area (Å²) in [5, 5.41) is 3.53. The molecule has 162 valence electrons. The number of benzene rings is 2. The minimum atomic E-state index is -0.628. The van der Waals surface area contributed by atoms with E-state index in [1.807, 2.05) is 81.4 Å². The lowest BCUT2D eigenvalue weighted by atomic mass is 10.1. The van der Waals surface area contributed by atoms with Crippen LogP contribution in [-0.4, -0.2) is 29.8 Å². The normalized spacial score (nSPS) is 12.1. The third-order valence-electron chi connectivity index (χ3n) is 4.33. The summed E-state index contributed by atoms with van der Waals surface area (Å²) in [7, 11) is 1.33. The van der Waals surface area contributed by atoms with Crippen molar-refractivity contribution in [1.82, 2.24) is 10.3 Å². The monoisotopic (exact) mass is 438 g/mol. The van der Waals surface area contributed by atoms with Crippen LogP contribution in [0.25, 0.3) is 10.4 Å². The molecule has 1 heterocycles. The molecule has 1 amide bonds. The van der Waals surface area contributed by atoms with Crippen LogP contribution < -0.4 is 5.32 Å². The van der Waals surface area contributed by atoms with Crippen LogP contribution in [0.1, 0.15) is 47.9 Å². The second-order valence-corrected chi connectivity index (χ2v) is 9.01. The number of esters is 1. The van der Waals surface area contributed by atoms with Crippen molar-refractivity contribution in [3.8, 4) is 10.4 Å². The Balaban J connectivity index is 2.00. The molecule has 0 fully saturated rings. The van der Waals surface area contributed by atoms with E-state index in [2.05, 4.69) is 10.3 Å². The Morgan fingerprint density at radius 3 is 2.23 bits per heavy atom. The number of nitrogens with one attached hydrogen (secondary N) is 1. The van der Waals surface area contributed by atoms with Crippen LogP contribution in [0.15, 0.2) is 60.7 Å². The summed E-state index contributed by atoms with van der Waals surface area (Å²) in [5.41, 5.74) is 1.50. The molecule has 1 aromatic heterocycles. The van der Waals surface area contributed by atoms with Crippen molar-refractivity contribution in [1.29, 1.82) is 0 Å². The molecule has 0 aliphatic rings. The van der Waals surface area contributed by atoms with Gasteiger partial charge >= 0.3 is 12.1 Å². The molecule has 3 rings (SSSR count). The maximum atomic E-state index is 12.5. The fraction of sp³-hybridized carbons (Fsp3) is 0.292. The van der Waals surface area contributed by atoms with Crippen LogP contribution in [0.5, 0.6) is 0 Å². The Morgan fingerprint density at radius 1 is 1.03 bits per heavy atom. The fourth-order valence-electron chi connectivity index (χ4n) is 3.01. The van der Waals surface area contributed by atoms with E-state index >= 15 is 0 Å². The average Bonchev–Trinajstić information content (AvgIpc) is 3.18. The first-order valence-corrected chi connectivity index (χ1v) is 10.8. The predicted octanol–water partition coefficient (Wildman–Crippen LogP) is 5.41. The Morgan fingerprint density at radius 2 is 1.65 bits per heavy atom. The molecule has 31 heavy (non-hydrogen) atoms. The van der Waals surface area contributed by atoms with Gasteiger partial charge in [0.1, 0.15) is 10.6 Å². The van der Waals surface area contributed by atoms with Crippen molar-refractivity contribution in [2.45, 2.75) is 38.8 Å². The Bertz CT molecular complexity index is 1030. The Kier molecular flexibility index (Phi) is 7.07. The Labute approximate surface area is 186 Å². The van der Waals surface area contributed by atoms with Crippen molar-refractivity contribution >= 4 is 23.4 Å². The van der Waals surface area contributed by atoms with Crippen molar-refractivity contribution < 1.29 is 19.1 Å². The molecule has 0 bridgehead atoms. The van der Waals surface area contributed by atoms with E-state index < -0.39 is 23.7 Å². The smallest absolute Gasteiger partial charge is 0.408 e. The number of alkyl carbamates (subject to hydrolysis) is 1. The molecule has 0 aliphatic heterocycles. The largest absolute Gasteiger partial charge is 0.464 e. The zero-order valence-corrected chi connectivity index (χ0v) is 18.9. The highest BCUT2D eigenvalue weighted by Crippen LogP contribution is 2.34. The zero-order valence-electron chi connectivity index (χ0n) is 18.0. The quantitative estimate of drug-likeness (QED) is 0.521. The lowest BCUT2D eigenvalue weighted by Gasteiger charge is -2.23. The van der Waals surface area contributed by atoms with Gasteiger partial charge in [0.05, 0.1) is 18.0 Å². The van der Waals surface area contributed by atoms with Crippen molar-refractivity contribution in [3.63, 3.8) is 0 Å². The number of carbonyl (C=O) groups excluding carboxylic acids is 2. The van der Waals surface area contributed by atoms with Gasteiger partial charge in [-0.15, -0.1) is 11.3 Å². The molecule has 7 heteroatoms. The zero-order chi connectivity index (χ0) is 22.4. The predicted molar refractivity (Wildman–Crippen MR) is 121 cm³/mol. The topological polar surface area (TPSA) is 77.5 Å². The van der Waals surface area contributed by atoms with Gasteiger partial charge in [0.25, 0.3) is 0 Å². The standard InChI is InChI=1S/C24H26N2O4S/c1-24(2,3)30-23(28)25-18(15-16-11-7-5-8-12-16)21-26-19(22(27)29-4)20(31-21)17-13-9-6-10-14-17/h5-14,18H,15H2,1-4H3,(H,25,28). The first-order chi connectivity index (χ1) is 14.8. The van der Waals surface area contributed by atoms with E-state index in [0.29, 0.717) is 16.3 Å². The second kappa shape index (κ2) is 9.75. The summed E-state index contributed by atoms with van der Waals surface area (Å²) >= 11 is 1.36. The van der Waals surface area contributed by atoms with Crippen LogP contribution in [0.4, 0.5) is 4.79 Å².